The normalized spacial score (nSPS) is 20.5. The van der Waals surface area contributed by atoms with E-state index < -0.39 is 54.2 Å². The van der Waals surface area contributed by atoms with Gasteiger partial charge in [0.25, 0.3) is 0 Å². The Morgan fingerprint density at radius 1 is 1.23 bits per heavy atom. The number of aliphatic hydroxyl groups is 2. The van der Waals surface area contributed by atoms with Crippen molar-refractivity contribution in [3.05, 3.63) is 35.4 Å². The lowest BCUT2D eigenvalue weighted by Crippen LogP contribution is -2.57. The number of aliphatic hydroxyl groups excluding tert-OH is 2. The number of β-amino-alcohol motifs (C(OH)–C–C–N with tert-alkyl or cyclic N) is 1. The number of carbonyl (C=O) groups excluding carboxylic acids is 2. The predicted molar refractivity (Wildman–Crippen MR) is 110 cm³/mol. The van der Waals surface area contributed by atoms with Gasteiger partial charge in [0.15, 0.2) is 0 Å². The Kier molecular flexibility index (Phi) is 7.60. The third kappa shape index (κ3) is 5.93. The van der Waals surface area contributed by atoms with E-state index in [4.69, 9.17) is 10.4 Å². The van der Waals surface area contributed by atoms with Crippen LogP contribution < -0.4 is 10.6 Å². The molecule has 0 saturated carbocycles. The van der Waals surface area contributed by atoms with Crippen molar-refractivity contribution in [3.8, 4) is 6.07 Å². The van der Waals surface area contributed by atoms with Crippen LogP contribution in [0.4, 0.5) is 4.79 Å². The van der Waals surface area contributed by atoms with Gasteiger partial charge in [0.1, 0.15) is 12.1 Å². The lowest BCUT2D eigenvalue weighted by Gasteiger charge is -2.35. The molecule has 10 nitrogen and oxygen atoms in total. The average Bonchev–Trinajstić information content (AvgIpc) is 3.10. The third-order valence-electron chi connectivity index (χ3n) is 5.19. The van der Waals surface area contributed by atoms with Gasteiger partial charge in [-0.15, -0.1) is 0 Å². The smallest absolute Gasteiger partial charge is 0.405 e. The molecule has 0 aliphatic carbocycles. The number of nitrogens with one attached hydrogen (secondary N) is 2. The summed E-state index contributed by atoms with van der Waals surface area (Å²) in [6.45, 7) is 4.57. The maximum Gasteiger partial charge on any atom is 0.405 e. The standard InChI is InChI=1S/C21H28N4O6/c1-21(2,3)17(24-20(30)31)19(29)25-10-14(27)8-16(25)18(28)23-15(11-26)13-6-4-12(9-22)5-7-13/h4-7,14-17,24,26-27H,8,10-11H2,1-3H3,(H,23,28)(H,30,31)/t14-,15+,16+,17?/m1/s1. The van der Waals surface area contributed by atoms with Gasteiger partial charge in [0.2, 0.25) is 11.8 Å². The summed E-state index contributed by atoms with van der Waals surface area (Å²) in [5, 5.41) is 42.7. The molecule has 1 fully saturated rings. The second-order valence-corrected chi connectivity index (χ2v) is 8.62. The van der Waals surface area contributed by atoms with Crippen molar-refractivity contribution in [1.82, 2.24) is 15.5 Å². The first-order chi connectivity index (χ1) is 14.5. The number of likely N-dealkylation sites (tertiary alicyclic amines) is 1. The fourth-order valence-electron chi connectivity index (χ4n) is 3.54. The molecule has 31 heavy (non-hydrogen) atoms. The van der Waals surface area contributed by atoms with Gasteiger partial charge in [0, 0.05) is 13.0 Å². The van der Waals surface area contributed by atoms with Crippen molar-refractivity contribution >= 4 is 17.9 Å². The first kappa shape index (κ1) is 24.1. The van der Waals surface area contributed by atoms with Gasteiger partial charge in [-0.2, -0.15) is 5.26 Å². The highest BCUT2D eigenvalue weighted by molar-refractivity contribution is 5.92. The van der Waals surface area contributed by atoms with Gasteiger partial charge >= 0.3 is 6.09 Å². The van der Waals surface area contributed by atoms with Crippen molar-refractivity contribution in [1.29, 1.82) is 5.26 Å². The van der Waals surface area contributed by atoms with E-state index in [-0.39, 0.29) is 13.0 Å². The molecular weight excluding hydrogens is 404 g/mol. The molecule has 1 saturated heterocycles. The van der Waals surface area contributed by atoms with E-state index in [0.717, 1.165) is 0 Å². The number of carbonyl (C=O) groups is 3. The Labute approximate surface area is 180 Å². The number of nitriles is 1. The SMILES string of the molecule is CC(C)(C)C(NC(=O)O)C(=O)N1C[C@H](O)C[C@H]1C(=O)N[C@@H](CO)c1ccc(C#N)cc1. The van der Waals surface area contributed by atoms with E-state index >= 15 is 0 Å². The van der Waals surface area contributed by atoms with Crippen molar-refractivity contribution < 1.29 is 29.7 Å². The van der Waals surface area contributed by atoms with E-state index in [1.54, 1.807) is 45.0 Å². The zero-order chi connectivity index (χ0) is 23.3. The van der Waals surface area contributed by atoms with Gasteiger partial charge in [-0.25, -0.2) is 4.79 Å². The lowest BCUT2D eigenvalue weighted by atomic mass is 9.85. The zero-order valence-electron chi connectivity index (χ0n) is 17.7. The van der Waals surface area contributed by atoms with E-state index in [2.05, 4.69) is 10.6 Å². The van der Waals surface area contributed by atoms with Crippen LogP contribution in [0.15, 0.2) is 24.3 Å². The Morgan fingerprint density at radius 2 is 1.84 bits per heavy atom. The zero-order valence-corrected chi connectivity index (χ0v) is 17.7. The maximum absolute atomic E-state index is 13.1. The molecule has 1 heterocycles. The lowest BCUT2D eigenvalue weighted by molar-refractivity contribution is -0.142. The Morgan fingerprint density at radius 3 is 2.32 bits per heavy atom. The number of benzene rings is 1. The largest absolute Gasteiger partial charge is 0.465 e. The van der Waals surface area contributed by atoms with Crippen LogP contribution in [-0.2, 0) is 9.59 Å². The topological polar surface area (TPSA) is 163 Å². The van der Waals surface area contributed by atoms with Gasteiger partial charge in [-0.1, -0.05) is 32.9 Å². The van der Waals surface area contributed by atoms with E-state index in [1.165, 1.54) is 4.90 Å². The van der Waals surface area contributed by atoms with E-state index in [0.29, 0.717) is 11.1 Å². The van der Waals surface area contributed by atoms with Crippen LogP contribution in [0.2, 0.25) is 0 Å². The number of amides is 3. The Balaban J connectivity index is 2.21. The summed E-state index contributed by atoms with van der Waals surface area (Å²) in [7, 11) is 0. The molecule has 1 unspecified atom stereocenters. The maximum atomic E-state index is 13.1. The Bertz CT molecular complexity index is 858. The van der Waals surface area contributed by atoms with Gasteiger partial charge in [-0.3, -0.25) is 9.59 Å². The molecule has 10 heteroatoms. The van der Waals surface area contributed by atoms with Crippen LogP contribution in [0, 0.1) is 16.7 Å². The Hall–Kier alpha value is -3.16. The van der Waals surface area contributed by atoms with Crippen molar-refractivity contribution in [2.75, 3.05) is 13.2 Å². The van der Waals surface area contributed by atoms with Crippen molar-refractivity contribution in [2.45, 2.75) is 51.4 Å². The fourth-order valence-corrected chi connectivity index (χ4v) is 3.54. The monoisotopic (exact) mass is 432 g/mol. The van der Waals surface area contributed by atoms with Crippen molar-refractivity contribution in [2.24, 2.45) is 5.41 Å². The number of hydrogen-bond donors (Lipinski definition) is 5. The summed E-state index contributed by atoms with van der Waals surface area (Å²) in [4.78, 5) is 38.4. The fraction of sp³-hybridized carbons (Fsp3) is 0.524. The van der Waals surface area contributed by atoms with Crippen LogP contribution >= 0.6 is 0 Å². The molecule has 2 rings (SSSR count). The van der Waals surface area contributed by atoms with Crippen LogP contribution in [-0.4, -0.2) is 69.5 Å². The summed E-state index contributed by atoms with van der Waals surface area (Å²) >= 11 is 0. The van der Waals surface area contributed by atoms with Gasteiger partial charge in [0.05, 0.1) is 30.4 Å². The second kappa shape index (κ2) is 9.76. The molecule has 1 aromatic rings. The minimum atomic E-state index is -1.37. The molecule has 5 N–H and O–H groups in total. The first-order valence-corrected chi connectivity index (χ1v) is 9.87. The third-order valence-corrected chi connectivity index (χ3v) is 5.19. The molecule has 1 aromatic carbocycles. The number of hydrogen-bond acceptors (Lipinski definition) is 6. The molecule has 0 radical (unpaired) electrons. The molecule has 168 valence electrons. The summed E-state index contributed by atoms with van der Waals surface area (Å²) in [5.74, 6) is -1.18. The summed E-state index contributed by atoms with van der Waals surface area (Å²) in [6, 6.07) is 5.42. The highest BCUT2D eigenvalue weighted by Gasteiger charge is 2.44. The summed E-state index contributed by atoms with van der Waals surface area (Å²) in [5.41, 5.74) is 0.244. The van der Waals surface area contributed by atoms with E-state index in [9.17, 15) is 24.6 Å². The van der Waals surface area contributed by atoms with Crippen LogP contribution in [0.3, 0.4) is 0 Å². The quantitative estimate of drug-likeness (QED) is 0.433. The first-order valence-electron chi connectivity index (χ1n) is 9.87. The minimum Gasteiger partial charge on any atom is -0.465 e. The second-order valence-electron chi connectivity index (χ2n) is 8.62. The molecule has 4 atom stereocenters. The van der Waals surface area contributed by atoms with Crippen molar-refractivity contribution in [3.63, 3.8) is 0 Å². The van der Waals surface area contributed by atoms with E-state index in [1.807, 2.05) is 6.07 Å². The highest BCUT2D eigenvalue weighted by Crippen LogP contribution is 2.26. The van der Waals surface area contributed by atoms with Gasteiger partial charge < -0.3 is 30.9 Å². The van der Waals surface area contributed by atoms with Gasteiger partial charge in [-0.05, 0) is 23.1 Å². The summed E-state index contributed by atoms with van der Waals surface area (Å²) in [6.07, 6.45) is -2.31. The number of nitrogens with zero attached hydrogens (tertiary/aromatic N) is 2. The minimum absolute atomic E-state index is 0.00692. The highest BCUT2D eigenvalue weighted by atomic mass is 16.4. The molecule has 0 aromatic heterocycles. The van der Waals surface area contributed by atoms with Crippen LogP contribution in [0.25, 0.3) is 0 Å². The molecular formula is C21H28N4O6. The average molecular weight is 432 g/mol. The van der Waals surface area contributed by atoms with Crippen LogP contribution in [0.5, 0.6) is 0 Å². The molecule has 0 spiro atoms. The molecule has 0 bridgehead atoms. The number of rotatable bonds is 6. The number of carboxylic acid groups (broad SMARTS) is 1. The predicted octanol–water partition coefficient (Wildman–Crippen LogP) is 0.352. The molecule has 3 amide bonds. The molecule has 1 aliphatic heterocycles. The summed E-state index contributed by atoms with van der Waals surface area (Å²) < 4.78 is 0. The van der Waals surface area contributed by atoms with Crippen LogP contribution in [0.1, 0.15) is 44.4 Å². The molecule has 1 aliphatic rings.